The normalized spacial score (nSPS) is 10.3. The smallest absolute Gasteiger partial charge is 0.323 e. The average molecular weight is 314 g/mol. The maximum Gasteiger partial charge on any atom is 0.323 e. The van der Waals surface area contributed by atoms with Crippen LogP contribution in [0.1, 0.15) is 5.56 Å². The molecule has 0 radical (unpaired) electrons. The number of pyridine rings is 2. The number of hydrogen-bond donors (Lipinski definition) is 2. The van der Waals surface area contributed by atoms with Gasteiger partial charge >= 0.3 is 5.97 Å². The fraction of sp³-hybridized carbons (Fsp3) is 0.250. The summed E-state index contributed by atoms with van der Waals surface area (Å²) in [5.41, 5.74) is 7.59. The first-order valence-electron chi connectivity index (χ1n) is 7.16. The topological polar surface area (TPSA) is 109 Å². The summed E-state index contributed by atoms with van der Waals surface area (Å²) in [7, 11) is 0. The lowest BCUT2D eigenvalue weighted by atomic mass is 10.1. The first-order valence-corrected chi connectivity index (χ1v) is 7.16. The van der Waals surface area contributed by atoms with Crippen LogP contribution in [-0.2, 0) is 16.0 Å². The molecule has 0 saturated carbocycles. The van der Waals surface area contributed by atoms with Gasteiger partial charge in [0.05, 0.1) is 17.8 Å². The highest BCUT2D eigenvalue weighted by Crippen LogP contribution is 2.14. The molecule has 0 spiro atoms. The highest BCUT2D eigenvalue weighted by atomic mass is 16.4. The third-order valence-electron chi connectivity index (χ3n) is 3.19. The van der Waals surface area contributed by atoms with E-state index >= 15 is 0 Å². The Kier molecular flexibility index (Phi) is 5.76. The van der Waals surface area contributed by atoms with Gasteiger partial charge in [0.25, 0.3) is 0 Å². The lowest BCUT2D eigenvalue weighted by molar-refractivity contribution is -0.144. The highest BCUT2D eigenvalue weighted by Gasteiger charge is 2.16. The third kappa shape index (κ3) is 4.86. The largest absolute Gasteiger partial charge is 0.480 e. The van der Waals surface area contributed by atoms with Crippen LogP contribution in [0.25, 0.3) is 11.4 Å². The van der Waals surface area contributed by atoms with Crippen molar-refractivity contribution in [3.63, 3.8) is 0 Å². The summed E-state index contributed by atoms with van der Waals surface area (Å²) >= 11 is 0. The molecule has 1 amide bonds. The predicted molar refractivity (Wildman–Crippen MR) is 84.4 cm³/mol. The summed E-state index contributed by atoms with van der Waals surface area (Å²) in [6.07, 6.45) is 3.37. The van der Waals surface area contributed by atoms with Gasteiger partial charge < -0.3 is 15.7 Å². The molecule has 2 aromatic heterocycles. The zero-order chi connectivity index (χ0) is 16.7. The van der Waals surface area contributed by atoms with Crippen molar-refractivity contribution in [2.75, 3.05) is 19.6 Å². The van der Waals surface area contributed by atoms with Crippen molar-refractivity contribution in [1.29, 1.82) is 0 Å². The zero-order valence-electron chi connectivity index (χ0n) is 12.6. The van der Waals surface area contributed by atoms with E-state index in [2.05, 4.69) is 9.97 Å². The van der Waals surface area contributed by atoms with Crippen LogP contribution in [0.4, 0.5) is 0 Å². The Morgan fingerprint density at radius 1 is 1.13 bits per heavy atom. The SMILES string of the molecule is NCCN(CC(=O)O)C(=O)Cc1ccc(-c2ccccn2)nc1. The number of carbonyl (C=O) groups is 2. The van der Waals surface area contributed by atoms with Gasteiger partial charge in [-0.1, -0.05) is 12.1 Å². The highest BCUT2D eigenvalue weighted by molar-refractivity contribution is 5.83. The van der Waals surface area contributed by atoms with E-state index in [4.69, 9.17) is 10.8 Å². The summed E-state index contributed by atoms with van der Waals surface area (Å²) in [5.74, 6) is -1.35. The standard InChI is InChI=1S/C16H18N4O3/c17-6-8-20(11-16(22)23)15(21)9-12-4-5-14(19-10-12)13-3-1-2-7-18-13/h1-5,7,10H,6,8-9,11,17H2,(H,22,23). The van der Waals surface area contributed by atoms with Gasteiger partial charge in [-0.3, -0.25) is 19.6 Å². The molecule has 23 heavy (non-hydrogen) atoms. The van der Waals surface area contributed by atoms with Crippen molar-refractivity contribution in [1.82, 2.24) is 14.9 Å². The van der Waals surface area contributed by atoms with Gasteiger partial charge in [-0.2, -0.15) is 0 Å². The van der Waals surface area contributed by atoms with E-state index in [9.17, 15) is 9.59 Å². The minimum Gasteiger partial charge on any atom is -0.480 e. The molecular formula is C16H18N4O3. The Labute approximate surface area is 133 Å². The molecular weight excluding hydrogens is 296 g/mol. The molecule has 0 aliphatic carbocycles. The van der Waals surface area contributed by atoms with Crippen molar-refractivity contribution >= 4 is 11.9 Å². The average Bonchev–Trinajstić information content (AvgIpc) is 2.55. The molecule has 2 rings (SSSR count). The van der Waals surface area contributed by atoms with Gasteiger partial charge in [0.15, 0.2) is 0 Å². The Hall–Kier alpha value is -2.80. The number of aliphatic carboxylic acids is 1. The molecule has 0 aliphatic rings. The first-order chi connectivity index (χ1) is 11.1. The number of carboxylic acids is 1. The fourth-order valence-corrected chi connectivity index (χ4v) is 2.09. The Morgan fingerprint density at radius 2 is 1.91 bits per heavy atom. The van der Waals surface area contributed by atoms with Crippen molar-refractivity contribution in [2.45, 2.75) is 6.42 Å². The van der Waals surface area contributed by atoms with Crippen LogP contribution in [0, 0.1) is 0 Å². The molecule has 7 heteroatoms. The van der Waals surface area contributed by atoms with E-state index in [1.807, 2.05) is 18.2 Å². The summed E-state index contributed by atoms with van der Waals surface area (Å²) < 4.78 is 0. The van der Waals surface area contributed by atoms with E-state index < -0.39 is 5.97 Å². The van der Waals surface area contributed by atoms with Crippen molar-refractivity contribution in [3.8, 4) is 11.4 Å². The van der Waals surface area contributed by atoms with Gasteiger partial charge in [-0.05, 0) is 23.8 Å². The van der Waals surface area contributed by atoms with Gasteiger partial charge in [0, 0.05) is 25.5 Å². The van der Waals surface area contributed by atoms with Crippen LogP contribution in [0.15, 0.2) is 42.7 Å². The van der Waals surface area contributed by atoms with E-state index in [-0.39, 0.29) is 32.0 Å². The fourth-order valence-electron chi connectivity index (χ4n) is 2.09. The number of aromatic nitrogens is 2. The monoisotopic (exact) mass is 314 g/mol. The van der Waals surface area contributed by atoms with Crippen LogP contribution in [-0.4, -0.2) is 51.5 Å². The maximum absolute atomic E-state index is 12.2. The van der Waals surface area contributed by atoms with Gasteiger partial charge in [0.1, 0.15) is 6.54 Å². The predicted octanol–water partition coefficient (Wildman–Crippen LogP) is 0.558. The van der Waals surface area contributed by atoms with E-state index in [0.29, 0.717) is 11.3 Å². The second-order valence-corrected chi connectivity index (χ2v) is 4.94. The van der Waals surface area contributed by atoms with Crippen molar-refractivity contribution < 1.29 is 14.7 Å². The molecule has 2 heterocycles. The van der Waals surface area contributed by atoms with Crippen LogP contribution < -0.4 is 5.73 Å². The minimum absolute atomic E-state index is 0.0861. The maximum atomic E-state index is 12.2. The number of amides is 1. The Bertz CT molecular complexity index is 659. The van der Waals surface area contributed by atoms with Crippen LogP contribution in [0.2, 0.25) is 0 Å². The quantitative estimate of drug-likeness (QED) is 0.772. The first kappa shape index (κ1) is 16.6. The second kappa shape index (κ2) is 8.00. The number of rotatable bonds is 7. The minimum atomic E-state index is -1.06. The molecule has 0 saturated heterocycles. The van der Waals surface area contributed by atoms with E-state index in [0.717, 1.165) is 5.69 Å². The lowest BCUT2D eigenvalue weighted by Gasteiger charge is -2.19. The van der Waals surface area contributed by atoms with E-state index in [1.165, 1.54) is 4.90 Å². The molecule has 0 bridgehead atoms. The molecule has 120 valence electrons. The van der Waals surface area contributed by atoms with Gasteiger partial charge in [0.2, 0.25) is 5.91 Å². The van der Waals surface area contributed by atoms with Crippen LogP contribution in [0.3, 0.4) is 0 Å². The molecule has 0 aromatic carbocycles. The van der Waals surface area contributed by atoms with Gasteiger partial charge in [-0.15, -0.1) is 0 Å². The second-order valence-electron chi connectivity index (χ2n) is 4.94. The molecule has 0 aliphatic heterocycles. The van der Waals surface area contributed by atoms with Crippen LogP contribution in [0.5, 0.6) is 0 Å². The summed E-state index contributed by atoms with van der Waals surface area (Å²) in [4.78, 5) is 32.7. The Balaban J connectivity index is 2.04. The number of carboxylic acid groups (broad SMARTS) is 1. The number of hydrogen-bond acceptors (Lipinski definition) is 5. The number of nitrogens with zero attached hydrogens (tertiary/aromatic N) is 3. The number of carbonyl (C=O) groups excluding carboxylic acids is 1. The third-order valence-corrected chi connectivity index (χ3v) is 3.19. The molecule has 2 aromatic rings. The number of nitrogens with two attached hydrogens (primary N) is 1. The van der Waals surface area contributed by atoms with Gasteiger partial charge in [-0.25, -0.2) is 0 Å². The lowest BCUT2D eigenvalue weighted by Crippen LogP contribution is -2.39. The Morgan fingerprint density at radius 3 is 2.48 bits per heavy atom. The molecule has 3 N–H and O–H groups in total. The van der Waals surface area contributed by atoms with Crippen molar-refractivity contribution in [3.05, 3.63) is 48.3 Å². The summed E-state index contributed by atoms with van der Waals surface area (Å²) in [6.45, 7) is 0.0793. The summed E-state index contributed by atoms with van der Waals surface area (Å²) in [5, 5.41) is 8.83. The van der Waals surface area contributed by atoms with Crippen molar-refractivity contribution in [2.24, 2.45) is 5.73 Å². The molecule has 0 atom stereocenters. The molecule has 0 unspecified atom stereocenters. The zero-order valence-corrected chi connectivity index (χ0v) is 12.6. The summed E-state index contributed by atoms with van der Waals surface area (Å²) in [6, 6.07) is 9.12. The molecule has 7 nitrogen and oxygen atoms in total. The van der Waals surface area contributed by atoms with Crippen LogP contribution >= 0.6 is 0 Å². The molecule has 0 fully saturated rings. The van der Waals surface area contributed by atoms with E-state index in [1.54, 1.807) is 24.5 Å².